The number of likely N-dealkylation sites (tertiary alicyclic amines) is 1. The first kappa shape index (κ1) is 17.3. The minimum atomic E-state index is -0.571. The highest BCUT2D eigenvalue weighted by Gasteiger charge is 2.61. The second-order valence-electron chi connectivity index (χ2n) is 9.61. The second kappa shape index (κ2) is 5.69. The Hall–Kier alpha value is -1.12. The van der Waals surface area contributed by atoms with Crippen LogP contribution in [0.2, 0.25) is 0 Å². The fourth-order valence-electron chi connectivity index (χ4n) is 7.15. The summed E-state index contributed by atoms with van der Waals surface area (Å²) in [6, 6.07) is 1.85. The van der Waals surface area contributed by atoms with Gasteiger partial charge in [-0.05, 0) is 82.1 Å². The lowest BCUT2D eigenvalue weighted by Crippen LogP contribution is -2.65. The maximum Gasteiger partial charge on any atom is 0.241 e. The van der Waals surface area contributed by atoms with Gasteiger partial charge in [-0.3, -0.25) is 4.79 Å². The fourth-order valence-corrected chi connectivity index (χ4v) is 7.15. The summed E-state index contributed by atoms with van der Waals surface area (Å²) in [5, 5.41) is 23.9. The lowest BCUT2D eigenvalue weighted by Gasteiger charge is -2.62. The highest BCUT2D eigenvalue weighted by Crippen LogP contribution is 2.63. The molecule has 1 saturated heterocycles. The van der Waals surface area contributed by atoms with Crippen LogP contribution in [0.4, 0.5) is 0 Å². The number of carbonyl (C=O) groups is 1. The van der Waals surface area contributed by atoms with E-state index >= 15 is 0 Å². The predicted octanol–water partition coefficient (Wildman–Crippen LogP) is 2.05. The normalized spacial score (nSPS) is 49.2. The van der Waals surface area contributed by atoms with Gasteiger partial charge in [0, 0.05) is 6.04 Å². The third-order valence-electron chi connectivity index (χ3n) is 7.82. The van der Waals surface area contributed by atoms with E-state index in [0.29, 0.717) is 17.8 Å². The van der Waals surface area contributed by atoms with Crippen LogP contribution in [0.15, 0.2) is 0 Å². The molecule has 0 spiro atoms. The summed E-state index contributed by atoms with van der Waals surface area (Å²) in [6.07, 6.45) is 6.62. The zero-order chi connectivity index (χ0) is 18.0. The Morgan fingerprint density at radius 2 is 1.88 bits per heavy atom. The van der Waals surface area contributed by atoms with Crippen molar-refractivity contribution in [3.63, 3.8) is 0 Å². The van der Waals surface area contributed by atoms with Gasteiger partial charge in [0.2, 0.25) is 5.91 Å². The first-order valence-electron chi connectivity index (χ1n) is 9.92. The number of nitrogens with zero attached hydrogens (tertiary/aromatic N) is 2. The SMILES string of the molecule is CN[C@H](C(=O)N1[C@H](C#N)C[C@H](C)[C@@H]1C)C12CC3CC(CC(O)(C3)C1)C2. The molecule has 5 rings (SSSR count). The van der Waals surface area contributed by atoms with E-state index in [1.165, 1.54) is 6.42 Å². The molecule has 0 aromatic rings. The number of nitrogens with one attached hydrogen (secondary N) is 1. The van der Waals surface area contributed by atoms with Crippen molar-refractivity contribution in [1.29, 1.82) is 5.26 Å². The number of carbonyl (C=O) groups excluding carboxylic acids is 1. The van der Waals surface area contributed by atoms with E-state index < -0.39 is 5.60 Å². The maximum absolute atomic E-state index is 13.6. The Morgan fingerprint density at radius 1 is 1.24 bits per heavy atom. The van der Waals surface area contributed by atoms with E-state index in [1.807, 2.05) is 11.9 Å². The molecule has 4 saturated carbocycles. The molecule has 1 amide bonds. The number of hydrogen-bond acceptors (Lipinski definition) is 4. The lowest BCUT2D eigenvalue weighted by molar-refractivity contribution is -0.180. The third-order valence-corrected chi connectivity index (χ3v) is 7.82. The Morgan fingerprint density at radius 3 is 2.40 bits per heavy atom. The molecule has 4 bridgehead atoms. The molecule has 2 unspecified atom stereocenters. The summed E-state index contributed by atoms with van der Waals surface area (Å²) in [5.74, 6) is 1.54. The Balaban J connectivity index is 1.64. The minimum absolute atomic E-state index is 0.0800. The molecule has 2 N–H and O–H groups in total. The summed E-state index contributed by atoms with van der Waals surface area (Å²) < 4.78 is 0. The number of likely N-dealkylation sites (N-methyl/N-ethyl adjacent to an activating group) is 1. The van der Waals surface area contributed by atoms with Crippen LogP contribution in [0.3, 0.4) is 0 Å². The van der Waals surface area contributed by atoms with Crippen LogP contribution in [0, 0.1) is 34.5 Å². The van der Waals surface area contributed by atoms with E-state index in [9.17, 15) is 15.2 Å². The van der Waals surface area contributed by atoms with E-state index in [0.717, 1.165) is 38.5 Å². The van der Waals surface area contributed by atoms with Gasteiger partial charge in [0.1, 0.15) is 6.04 Å². The number of amides is 1. The molecule has 0 aromatic heterocycles. The third kappa shape index (κ3) is 2.52. The average Bonchev–Trinajstić information content (AvgIpc) is 2.80. The van der Waals surface area contributed by atoms with Crippen LogP contribution < -0.4 is 5.32 Å². The second-order valence-corrected chi connectivity index (χ2v) is 9.61. The van der Waals surface area contributed by atoms with Crippen molar-refractivity contribution < 1.29 is 9.90 Å². The standard InChI is InChI=1S/C20H31N3O2/c1-12-4-16(10-21)23(13(12)2)18(24)17(22-3)19-6-14-5-15(7-19)9-20(25,8-14)11-19/h12-17,22,25H,4-9,11H2,1-3H3/t12-,13-,14?,15?,16-,17+,19?,20?/m0/s1. The topological polar surface area (TPSA) is 76.4 Å². The van der Waals surface area contributed by atoms with Crippen molar-refractivity contribution in [3.8, 4) is 6.07 Å². The molecule has 5 nitrogen and oxygen atoms in total. The average molecular weight is 345 g/mol. The van der Waals surface area contributed by atoms with E-state index in [4.69, 9.17) is 0 Å². The van der Waals surface area contributed by atoms with Gasteiger partial charge in [-0.15, -0.1) is 0 Å². The summed E-state index contributed by atoms with van der Waals surface area (Å²) in [4.78, 5) is 15.4. The molecular formula is C20H31N3O2. The van der Waals surface area contributed by atoms with Crippen molar-refractivity contribution in [2.75, 3.05) is 7.05 Å². The number of hydrogen-bond donors (Lipinski definition) is 2. The molecule has 6 atom stereocenters. The summed E-state index contributed by atoms with van der Waals surface area (Å²) in [6.45, 7) is 4.20. The van der Waals surface area contributed by atoms with Gasteiger partial charge in [-0.1, -0.05) is 6.92 Å². The van der Waals surface area contributed by atoms with Gasteiger partial charge in [-0.25, -0.2) is 0 Å². The summed E-state index contributed by atoms with van der Waals surface area (Å²) in [5.41, 5.74) is -0.714. The van der Waals surface area contributed by atoms with E-state index in [-0.39, 0.29) is 29.4 Å². The highest BCUT2D eigenvalue weighted by molar-refractivity contribution is 5.84. The smallest absolute Gasteiger partial charge is 0.241 e. The molecule has 4 aliphatic carbocycles. The molecule has 5 heteroatoms. The molecule has 0 aromatic carbocycles. The number of aliphatic hydroxyl groups is 1. The lowest BCUT2D eigenvalue weighted by atomic mass is 9.46. The molecule has 138 valence electrons. The van der Waals surface area contributed by atoms with Crippen LogP contribution in [-0.2, 0) is 4.79 Å². The molecule has 1 heterocycles. The fraction of sp³-hybridized carbons (Fsp3) is 0.900. The Labute approximate surface area is 150 Å². The Kier molecular flexibility index (Phi) is 3.94. The number of rotatable bonds is 3. The van der Waals surface area contributed by atoms with Crippen molar-refractivity contribution in [2.45, 2.75) is 82.5 Å². The Bertz CT molecular complexity index is 599. The van der Waals surface area contributed by atoms with Crippen molar-refractivity contribution in [2.24, 2.45) is 23.2 Å². The summed E-state index contributed by atoms with van der Waals surface area (Å²) in [7, 11) is 1.87. The minimum Gasteiger partial charge on any atom is -0.390 e. The molecule has 5 fully saturated rings. The van der Waals surface area contributed by atoms with Gasteiger partial charge in [0.15, 0.2) is 0 Å². The molecular weight excluding hydrogens is 314 g/mol. The zero-order valence-corrected chi connectivity index (χ0v) is 15.7. The van der Waals surface area contributed by atoms with Crippen molar-refractivity contribution >= 4 is 5.91 Å². The van der Waals surface area contributed by atoms with E-state index in [2.05, 4.69) is 25.2 Å². The maximum atomic E-state index is 13.6. The van der Waals surface area contributed by atoms with Crippen LogP contribution in [-0.4, -0.2) is 46.7 Å². The number of nitriles is 1. The predicted molar refractivity (Wildman–Crippen MR) is 94.4 cm³/mol. The van der Waals surface area contributed by atoms with Gasteiger partial charge in [0.25, 0.3) is 0 Å². The van der Waals surface area contributed by atoms with Crippen molar-refractivity contribution in [3.05, 3.63) is 0 Å². The van der Waals surface area contributed by atoms with Crippen LogP contribution >= 0.6 is 0 Å². The van der Waals surface area contributed by atoms with Gasteiger partial charge >= 0.3 is 0 Å². The molecule has 1 aliphatic heterocycles. The first-order chi connectivity index (χ1) is 11.8. The van der Waals surface area contributed by atoms with Gasteiger partial charge < -0.3 is 15.3 Å². The van der Waals surface area contributed by atoms with Crippen LogP contribution in [0.1, 0.15) is 58.8 Å². The monoisotopic (exact) mass is 345 g/mol. The zero-order valence-electron chi connectivity index (χ0n) is 15.7. The van der Waals surface area contributed by atoms with E-state index in [1.54, 1.807) is 0 Å². The van der Waals surface area contributed by atoms with Crippen LogP contribution in [0.5, 0.6) is 0 Å². The van der Waals surface area contributed by atoms with Crippen LogP contribution in [0.25, 0.3) is 0 Å². The molecule has 25 heavy (non-hydrogen) atoms. The molecule has 0 radical (unpaired) electrons. The molecule has 5 aliphatic rings. The largest absolute Gasteiger partial charge is 0.390 e. The quantitative estimate of drug-likeness (QED) is 0.821. The highest BCUT2D eigenvalue weighted by atomic mass is 16.3. The van der Waals surface area contributed by atoms with Gasteiger partial charge in [0.05, 0.1) is 17.7 Å². The van der Waals surface area contributed by atoms with Crippen molar-refractivity contribution in [1.82, 2.24) is 10.2 Å². The van der Waals surface area contributed by atoms with Gasteiger partial charge in [-0.2, -0.15) is 5.26 Å². The summed E-state index contributed by atoms with van der Waals surface area (Å²) >= 11 is 0. The first-order valence-corrected chi connectivity index (χ1v) is 9.92.